The molecule has 1 aliphatic heterocycles. The van der Waals surface area contributed by atoms with Gasteiger partial charge in [-0.1, -0.05) is 6.42 Å². The lowest BCUT2D eigenvalue weighted by Gasteiger charge is -2.23. The number of halogens is 1. The minimum atomic E-state index is -4.07. The number of methoxy groups -OCH3 is 1. The Hall–Kier alpha value is -1.67. The van der Waals surface area contributed by atoms with Crippen LogP contribution in [0.15, 0.2) is 23.1 Å². The van der Waals surface area contributed by atoms with Gasteiger partial charge in [0.1, 0.15) is 16.5 Å². The molecule has 1 saturated carbocycles. The van der Waals surface area contributed by atoms with Crippen LogP contribution in [-0.2, 0) is 14.8 Å². The topological polar surface area (TPSA) is 83.9 Å². The van der Waals surface area contributed by atoms with Gasteiger partial charge in [-0.15, -0.1) is 0 Å². The average molecular weight is 343 g/mol. The maximum atomic E-state index is 14.1. The fraction of sp³-hybridized carbons (Fsp3) is 0.533. The third kappa shape index (κ3) is 2.40. The van der Waals surface area contributed by atoms with E-state index in [9.17, 15) is 22.7 Å². The van der Waals surface area contributed by atoms with Crippen LogP contribution in [0.4, 0.5) is 4.39 Å². The third-order valence-corrected chi connectivity index (χ3v) is 6.87. The number of rotatable bonds is 4. The number of carbonyl (C=O) groups is 1. The van der Waals surface area contributed by atoms with E-state index in [4.69, 9.17) is 4.74 Å². The van der Waals surface area contributed by atoms with Gasteiger partial charge in [0.25, 0.3) is 0 Å². The summed E-state index contributed by atoms with van der Waals surface area (Å²) in [6.07, 6.45) is 1.93. The molecule has 1 heterocycles. The highest BCUT2D eigenvalue weighted by molar-refractivity contribution is 7.89. The number of hydrogen-bond donors (Lipinski definition) is 1. The minimum Gasteiger partial charge on any atom is -0.497 e. The van der Waals surface area contributed by atoms with E-state index >= 15 is 0 Å². The van der Waals surface area contributed by atoms with Gasteiger partial charge >= 0.3 is 5.97 Å². The van der Waals surface area contributed by atoms with Crippen molar-refractivity contribution in [3.63, 3.8) is 0 Å². The lowest BCUT2D eigenvalue weighted by molar-refractivity contribution is -0.149. The van der Waals surface area contributed by atoms with Gasteiger partial charge in [-0.3, -0.25) is 4.79 Å². The van der Waals surface area contributed by atoms with Gasteiger partial charge < -0.3 is 9.84 Å². The summed E-state index contributed by atoms with van der Waals surface area (Å²) in [6, 6.07) is 3.54. The molecule has 1 aromatic carbocycles. The monoisotopic (exact) mass is 343 g/mol. The van der Waals surface area contributed by atoms with Crippen molar-refractivity contribution in [2.45, 2.75) is 24.2 Å². The average Bonchev–Trinajstić information content (AvgIpc) is 3.04. The lowest BCUT2D eigenvalue weighted by Crippen LogP contribution is -2.37. The van der Waals surface area contributed by atoms with Crippen molar-refractivity contribution < 1.29 is 27.4 Å². The molecule has 2 fully saturated rings. The van der Waals surface area contributed by atoms with Crippen LogP contribution in [0, 0.1) is 17.2 Å². The number of fused-ring (bicyclic) bond motifs is 1. The maximum Gasteiger partial charge on any atom is 0.311 e. The van der Waals surface area contributed by atoms with E-state index in [0.717, 1.165) is 22.9 Å². The first-order valence-corrected chi connectivity index (χ1v) is 8.82. The number of carboxylic acids is 1. The Morgan fingerprint density at radius 2 is 2.22 bits per heavy atom. The quantitative estimate of drug-likeness (QED) is 0.900. The smallest absolute Gasteiger partial charge is 0.311 e. The molecule has 126 valence electrons. The second-order valence-corrected chi connectivity index (χ2v) is 8.05. The molecule has 6 nitrogen and oxygen atoms in total. The van der Waals surface area contributed by atoms with Gasteiger partial charge in [0.05, 0.1) is 12.5 Å². The van der Waals surface area contributed by atoms with Gasteiger partial charge in [0.2, 0.25) is 10.0 Å². The van der Waals surface area contributed by atoms with Crippen LogP contribution in [0.1, 0.15) is 19.3 Å². The molecule has 3 rings (SSSR count). The zero-order chi connectivity index (χ0) is 16.8. The molecule has 1 aromatic rings. The Kier molecular flexibility index (Phi) is 3.84. The second-order valence-electron chi connectivity index (χ2n) is 6.14. The first-order valence-electron chi connectivity index (χ1n) is 7.38. The number of sulfonamides is 1. The van der Waals surface area contributed by atoms with Crippen molar-refractivity contribution in [3.05, 3.63) is 24.0 Å². The van der Waals surface area contributed by atoms with E-state index in [-0.39, 0.29) is 24.8 Å². The molecule has 0 unspecified atom stereocenters. The molecular weight excluding hydrogens is 325 g/mol. The minimum absolute atomic E-state index is 0.0964. The molecule has 8 heteroatoms. The van der Waals surface area contributed by atoms with E-state index in [0.29, 0.717) is 12.8 Å². The Labute approximate surface area is 133 Å². The summed E-state index contributed by atoms with van der Waals surface area (Å²) >= 11 is 0. The van der Waals surface area contributed by atoms with Crippen LogP contribution in [0.2, 0.25) is 0 Å². The van der Waals surface area contributed by atoms with E-state index < -0.39 is 32.1 Å². The molecule has 1 N–H and O–H groups in total. The largest absolute Gasteiger partial charge is 0.497 e. The summed E-state index contributed by atoms with van der Waals surface area (Å²) in [5.74, 6) is -1.85. The SMILES string of the molecule is COc1ccc(S(=O)(=O)N2C[C@@H]3CCC[C@@]3(C(=O)O)C2)c(F)c1. The Balaban J connectivity index is 1.94. The number of benzene rings is 1. The number of carboxylic acid groups (broad SMARTS) is 1. The molecule has 0 aromatic heterocycles. The first kappa shape index (κ1) is 16.2. The highest BCUT2D eigenvalue weighted by atomic mass is 32.2. The summed E-state index contributed by atoms with van der Waals surface area (Å²) in [7, 11) is -2.71. The number of aliphatic carboxylic acids is 1. The predicted molar refractivity (Wildman–Crippen MR) is 79.1 cm³/mol. The molecule has 0 radical (unpaired) electrons. The van der Waals surface area contributed by atoms with E-state index in [2.05, 4.69) is 0 Å². The Morgan fingerprint density at radius 3 is 2.78 bits per heavy atom. The maximum absolute atomic E-state index is 14.1. The summed E-state index contributed by atoms with van der Waals surface area (Å²) in [6.45, 7) is 0.0287. The second kappa shape index (κ2) is 5.45. The molecule has 1 saturated heterocycles. The highest BCUT2D eigenvalue weighted by Gasteiger charge is 2.57. The van der Waals surface area contributed by atoms with Gasteiger partial charge in [-0.25, -0.2) is 12.8 Å². The Bertz CT molecular complexity index is 750. The van der Waals surface area contributed by atoms with Crippen LogP contribution in [-0.4, -0.2) is 44.0 Å². The fourth-order valence-electron chi connectivity index (χ4n) is 3.73. The van der Waals surface area contributed by atoms with Gasteiger partial charge in [-0.2, -0.15) is 4.31 Å². The molecule has 0 bridgehead atoms. The molecule has 0 spiro atoms. The first-order chi connectivity index (χ1) is 10.8. The fourth-order valence-corrected chi connectivity index (χ4v) is 5.33. The van der Waals surface area contributed by atoms with Crippen molar-refractivity contribution in [3.8, 4) is 5.75 Å². The predicted octanol–water partition coefficient (Wildman–Crippen LogP) is 1.71. The lowest BCUT2D eigenvalue weighted by atomic mass is 9.81. The molecule has 2 atom stereocenters. The van der Waals surface area contributed by atoms with E-state index in [1.807, 2.05) is 0 Å². The Morgan fingerprint density at radius 1 is 1.48 bits per heavy atom. The van der Waals surface area contributed by atoms with Crippen molar-refractivity contribution in [2.75, 3.05) is 20.2 Å². The molecular formula is C15H18FNO5S. The van der Waals surface area contributed by atoms with Crippen molar-refractivity contribution in [1.29, 1.82) is 0 Å². The highest BCUT2D eigenvalue weighted by Crippen LogP contribution is 2.50. The molecule has 1 aliphatic carbocycles. The van der Waals surface area contributed by atoms with Crippen LogP contribution < -0.4 is 4.74 Å². The van der Waals surface area contributed by atoms with E-state index in [1.165, 1.54) is 13.2 Å². The zero-order valence-corrected chi connectivity index (χ0v) is 13.5. The number of hydrogen-bond acceptors (Lipinski definition) is 4. The normalized spacial score (nSPS) is 27.8. The number of nitrogens with zero attached hydrogens (tertiary/aromatic N) is 1. The van der Waals surface area contributed by atoms with Crippen LogP contribution in [0.25, 0.3) is 0 Å². The van der Waals surface area contributed by atoms with Crippen molar-refractivity contribution >= 4 is 16.0 Å². The third-order valence-electron chi connectivity index (χ3n) is 5.02. The molecule has 0 amide bonds. The van der Waals surface area contributed by atoms with Crippen LogP contribution in [0.3, 0.4) is 0 Å². The zero-order valence-electron chi connectivity index (χ0n) is 12.7. The van der Waals surface area contributed by atoms with Gasteiger partial charge in [-0.05, 0) is 30.9 Å². The molecule has 23 heavy (non-hydrogen) atoms. The van der Waals surface area contributed by atoms with Crippen LogP contribution in [0.5, 0.6) is 5.75 Å². The van der Waals surface area contributed by atoms with Crippen molar-refractivity contribution in [1.82, 2.24) is 4.31 Å². The number of ether oxygens (including phenoxy) is 1. The van der Waals surface area contributed by atoms with Gasteiger partial charge in [0, 0.05) is 19.2 Å². The van der Waals surface area contributed by atoms with Gasteiger partial charge in [0.15, 0.2) is 0 Å². The van der Waals surface area contributed by atoms with E-state index in [1.54, 1.807) is 0 Å². The summed E-state index contributed by atoms with van der Waals surface area (Å²) < 4.78 is 45.5. The standard InChI is InChI=1S/C15H18FNO5S/c1-22-11-4-5-13(12(16)7-11)23(20,21)17-8-10-3-2-6-15(10,9-17)14(18)19/h4-5,7,10H,2-3,6,8-9H2,1H3,(H,18,19)/t10-,15+/m0/s1. The summed E-state index contributed by atoms with van der Waals surface area (Å²) in [5, 5.41) is 9.54. The van der Waals surface area contributed by atoms with Crippen molar-refractivity contribution in [2.24, 2.45) is 11.3 Å². The molecule has 2 aliphatic rings. The summed E-state index contributed by atoms with van der Waals surface area (Å²) in [4.78, 5) is 11.2. The van der Waals surface area contributed by atoms with Crippen LogP contribution >= 0.6 is 0 Å². The summed E-state index contributed by atoms with van der Waals surface area (Å²) in [5.41, 5.74) is -1.03.